The normalized spacial score (nSPS) is 20.3. The highest BCUT2D eigenvalue weighted by molar-refractivity contribution is 5.72. The SMILES string of the molecule is NC(CCCC1(CC(=O)O)CCCCC1)C(=O)O. The molecule has 1 saturated carbocycles. The van der Waals surface area contributed by atoms with E-state index in [4.69, 9.17) is 15.9 Å². The van der Waals surface area contributed by atoms with Crippen LogP contribution in [0, 0.1) is 5.41 Å². The third kappa shape index (κ3) is 4.64. The van der Waals surface area contributed by atoms with Gasteiger partial charge in [-0.1, -0.05) is 25.7 Å². The van der Waals surface area contributed by atoms with Gasteiger partial charge in [-0.2, -0.15) is 0 Å². The van der Waals surface area contributed by atoms with Gasteiger partial charge in [0.15, 0.2) is 0 Å². The van der Waals surface area contributed by atoms with Gasteiger partial charge in [-0.25, -0.2) is 0 Å². The highest BCUT2D eigenvalue weighted by atomic mass is 16.4. The van der Waals surface area contributed by atoms with Crippen LogP contribution < -0.4 is 5.73 Å². The minimum atomic E-state index is -0.981. The Bertz CT molecular complexity index is 297. The number of aliphatic carboxylic acids is 2. The Labute approximate surface area is 107 Å². The molecule has 0 heterocycles. The highest BCUT2D eigenvalue weighted by Gasteiger charge is 2.34. The smallest absolute Gasteiger partial charge is 0.320 e. The summed E-state index contributed by atoms with van der Waals surface area (Å²) < 4.78 is 0. The van der Waals surface area contributed by atoms with E-state index in [9.17, 15) is 9.59 Å². The summed E-state index contributed by atoms with van der Waals surface area (Å²) in [6.07, 6.45) is 7.34. The molecule has 1 atom stereocenters. The molecular weight excluding hydrogens is 234 g/mol. The van der Waals surface area contributed by atoms with Crippen molar-refractivity contribution in [2.75, 3.05) is 0 Å². The maximum atomic E-state index is 11.0. The van der Waals surface area contributed by atoms with Crippen LogP contribution in [-0.4, -0.2) is 28.2 Å². The fraction of sp³-hybridized carbons (Fsp3) is 0.846. The minimum absolute atomic E-state index is 0.123. The third-order valence-corrected chi connectivity index (χ3v) is 3.98. The van der Waals surface area contributed by atoms with Crippen molar-refractivity contribution >= 4 is 11.9 Å². The summed E-state index contributed by atoms with van der Waals surface area (Å²) in [4.78, 5) is 21.6. The second kappa shape index (κ2) is 6.73. The van der Waals surface area contributed by atoms with Crippen LogP contribution in [0.1, 0.15) is 57.8 Å². The summed E-state index contributed by atoms with van der Waals surface area (Å²) in [6, 6.07) is -0.824. The number of carboxylic acid groups (broad SMARTS) is 2. The van der Waals surface area contributed by atoms with E-state index < -0.39 is 18.0 Å². The van der Waals surface area contributed by atoms with Crippen LogP contribution in [-0.2, 0) is 9.59 Å². The number of hydrogen-bond donors (Lipinski definition) is 3. The van der Waals surface area contributed by atoms with Crippen molar-refractivity contribution in [2.24, 2.45) is 11.1 Å². The molecule has 0 aromatic rings. The molecule has 4 N–H and O–H groups in total. The molecular formula is C13H23NO4. The molecule has 0 amide bonds. The molecule has 0 radical (unpaired) electrons. The van der Waals surface area contributed by atoms with Crippen molar-refractivity contribution in [3.63, 3.8) is 0 Å². The lowest BCUT2D eigenvalue weighted by atomic mass is 9.69. The van der Waals surface area contributed by atoms with Crippen LogP contribution in [0.2, 0.25) is 0 Å². The first kappa shape index (κ1) is 15.0. The molecule has 104 valence electrons. The van der Waals surface area contributed by atoms with Crippen LogP contribution in [0.25, 0.3) is 0 Å². The van der Waals surface area contributed by atoms with Crippen LogP contribution in [0.4, 0.5) is 0 Å². The summed E-state index contributed by atoms with van der Waals surface area (Å²) in [5, 5.41) is 17.7. The lowest BCUT2D eigenvalue weighted by molar-refractivity contribution is -0.141. The molecule has 0 aliphatic heterocycles. The Morgan fingerprint density at radius 1 is 1.17 bits per heavy atom. The minimum Gasteiger partial charge on any atom is -0.481 e. The monoisotopic (exact) mass is 257 g/mol. The van der Waals surface area contributed by atoms with Gasteiger partial charge in [0, 0.05) is 0 Å². The van der Waals surface area contributed by atoms with Gasteiger partial charge in [-0.05, 0) is 31.1 Å². The van der Waals surface area contributed by atoms with Crippen molar-refractivity contribution < 1.29 is 19.8 Å². The van der Waals surface area contributed by atoms with E-state index in [1.165, 1.54) is 6.42 Å². The summed E-state index contributed by atoms with van der Waals surface area (Å²) in [5.41, 5.74) is 5.34. The van der Waals surface area contributed by atoms with Gasteiger partial charge in [-0.15, -0.1) is 0 Å². The Hall–Kier alpha value is -1.10. The van der Waals surface area contributed by atoms with E-state index in [0.29, 0.717) is 12.8 Å². The molecule has 0 aromatic carbocycles. The fourth-order valence-electron chi connectivity index (χ4n) is 2.96. The number of hydrogen-bond acceptors (Lipinski definition) is 3. The topological polar surface area (TPSA) is 101 Å². The van der Waals surface area contributed by atoms with Gasteiger partial charge >= 0.3 is 11.9 Å². The van der Waals surface area contributed by atoms with E-state index >= 15 is 0 Å². The first-order valence-corrected chi connectivity index (χ1v) is 6.65. The van der Waals surface area contributed by atoms with Gasteiger partial charge in [0.2, 0.25) is 0 Å². The van der Waals surface area contributed by atoms with Crippen LogP contribution in [0.15, 0.2) is 0 Å². The molecule has 0 saturated heterocycles. The highest BCUT2D eigenvalue weighted by Crippen LogP contribution is 2.43. The zero-order chi connectivity index (χ0) is 13.6. The number of carbonyl (C=O) groups is 2. The van der Waals surface area contributed by atoms with Crippen molar-refractivity contribution in [1.29, 1.82) is 0 Å². The molecule has 0 bridgehead atoms. The number of carboxylic acids is 2. The standard InChI is InChI=1S/C13H23NO4/c14-10(12(17)18)5-4-8-13(9-11(15)16)6-2-1-3-7-13/h10H,1-9,14H2,(H,15,16)(H,17,18). The van der Waals surface area contributed by atoms with Gasteiger partial charge in [0.25, 0.3) is 0 Å². The largest absolute Gasteiger partial charge is 0.481 e. The molecule has 1 rings (SSSR count). The molecule has 5 heteroatoms. The summed E-state index contributed by atoms with van der Waals surface area (Å²) in [6.45, 7) is 0. The summed E-state index contributed by atoms with van der Waals surface area (Å²) in [5.74, 6) is -1.73. The molecule has 18 heavy (non-hydrogen) atoms. The molecule has 1 aliphatic carbocycles. The lowest BCUT2D eigenvalue weighted by Crippen LogP contribution is -2.31. The lowest BCUT2D eigenvalue weighted by Gasteiger charge is -2.36. The van der Waals surface area contributed by atoms with Crippen molar-refractivity contribution in [3.8, 4) is 0 Å². The van der Waals surface area contributed by atoms with Crippen molar-refractivity contribution in [3.05, 3.63) is 0 Å². The number of nitrogens with two attached hydrogens (primary N) is 1. The maximum absolute atomic E-state index is 11.0. The predicted molar refractivity (Wildman–Crippen MR) is 67.2 cm³/mol. The van der Waals surface area contributed by atoms with E-state index in [1.54, 1.807) is 0 Å². The van der Waals surface area contributed by atoms with Crippen LogP contribution in [0.3, 0.4) is 0 Å². The molecule has 1 fully saturated rings. The van der Waals surface area contributed by atoms with Crippen LogP contribution in [0.5, 0.6) is 0 Å². The van der Waals surface area contributed by atoms with Crippen molar-refractivity contribution in [1.82, 2.24) is 0 Å². The quantitative estimate of drug-likeness (QED) is 0.647. The second-order valence-corrected chi connectivity index (χ2v) is 5.47. The Balaban J connectivity index is 2.46. The Morgan fingerprint density at radius 3 is 2.28 bits per heavy atom. The van der Waals surface area contributed by atoms with Gasteiger partial charge in [0.1, 0.15) is 6.04 Å². The van der Waals surface area contributed by atoms with E-state index in [-0.39, 0.29) is 11.8 Å². The van der Waals surface area contributed by atoms with Gasteiger partial charge in [0.05, 0.1) is 6.42 Å². The second-order valence-electron chi connectivity index (χ2n) is 5.47. The van der Waals surface area contributed by atoms with Gasteiger partial charge < -0.3 is 15.9 Å². The molecule has 1 unspecified atom stereocenters. The zero-order valence-corrected chi connectivity index (χ0v) is 10.7. The third-order valence-electron chi connectivity index (χ3n) is 3.98. The van der Waals surface area contributed by atoms with E-state index in [0.717, 1.165) is 32.1 Å². The average molecular weight is 257 g/mol. The van der Waals surface area contributed by atoms with E-state index in [2.05, 4.69) is 0 Å². The molecule has 1 aliphatic rings. The Morgan fingerprint density at radius 2 is 1.78 bits per heavy atom. The predicted octanol–water partition coefficient (Wildman–Crippen LogP) is 1.99. The zero-order valence-electron chi connectivity index (χ0n) is 10.7. The first-order chi connectivity index (χ1) is 8.45. The van der Waals surface area contributed by atoms with Gasteiger partial charge in [-0.3, -0.25) is 9.59 Å². The molecule has 5 nitrogen and oxygen atoms in total. The average Bonchev–Trinajstić information content (AvgIpc) is 2.28. The fourth-order valence-corrected chi connectivity index (χ4v) is 2.96. The Kier molecular flexibility index (Phi) is 5.59. The number of rotatable bonds is 7. The van der Waals surface area contributed by atoms with E-state index in [1.807, 2.05) is 0 Å². The molecule has 0 aromatic heterocycles. The van der Waals surface area contributed by atoms with Crippen molar-refractivity contribution in [2.45, 2.75) is 63.8 Å². The summed E-state index contributed by atoms with van der Waals surface area (Å²) in [7, 11) is 0. The first-order valence-electron chi connectivity index (χ1n) is 6.65. The van der Waals surface area contributed by atoms with Crippen LogP contribution >= 0.6 is 0 Å². The molecule has 0 spiro atoms. The summed E-state index contributed by atoms with van der Waals surface area (Å²) >= 11 is 0. The maximum Gasteiger partial charge on any atom is 0.320 e.